The van der Waals surface area contributed by atoms with Crippen molar-refractivity contribution in [3.63, 3.8) is 0 Å². The first-order valence-corrected chi connectivity index (χ1v) is 7.33. The van der Waals surface area contributed by atoms with Crippen LogP contribution in [0.5, 0.6) is 0 Å². The number of likely N-dealkylation sites (N-methyl/N-ethyl adjacent to an activating group) is 1. The molecular weight excluding hydrogens is 301 g/mol. The highest BCUT2D eigenvalue weighted by Crippen LogP contribution is 2.24. The molecule has 0 bridgehead atoms. The molecule has 0 saturated carbocycles. The number of likely N-dealkylation sites (tertiary alicyclic amines) is 1. The van der Waals surface area contributed by atoms with Crippen LogP contribution in [0.15, 0.2) is 34.9 Å². The molecule has 1 aliphatic rings. The van der Waals surface area contributed by atoms with Gasteiger partial charge in [0.25, 0.3) is 5.91 Å². The van der Waals surface area contributed by atoms with Gasteiger partial charge in [-0.1, -0.05) is 12.1 Å². The van der Waals surface area contributed by atoms with Gasteiger partial charge in [0.1, 0.15) is 23.8 Å². The molecule has 1 unspecified atom stereocenters. The van der Waals surface area contributed by atoms with Gasteiger partial charge < -0.3 is 9.32 Å². The molecule has 2 amide bonds. The molecule has 1 aromatic carbocycles. The van der Waals surface area contributed by atoms with Crippen molar-refractivity contribution in [1.82, 2.24) is 9.88 Å². The second-order valence-corrected chi connectivity index (χ2v) is 5.42. The first kappa shape index (κ1) is 15.2. The maximum Gasteiger partial charge on any atom is 0.301 e. The molecule has 1 aromatic heterocycles. The van der Waals surface area contributed by atoms with Gasteiger partial charge in [0, 0.05) is 19.0 Å². The van der Waals surface area contributed by atoms with Gasteiger partial charge in [0.15, 0.2) is 0 Å². The lowest BCUT2D eigenvalue weighted by molar-refractivity contribution is -0.140. The van der Waals surface area contributed by atoms with Gasteiger partial charge in [-0.25, -0.2) is 4.39 Å². The van der Waals surface area contributed by atoms with Crippen LogP contribution in [0.1, 0.15) is 19.3 Å². The summed E-state index contributed by atoms with van der Waals surface area (Å²) in [5.41, 5.74) is 0.591. The quantitative estimate of drug-likeness (QED) is 0.943. The van der Waals surface area contributed by atoms with Gasteiger partial charge >= 0.3 is 6.01 Å². The minimum atomic E-state index is -0.542. The third-order valence-corrected chi connectivity index (χ3v) is 3.92. The minimum absolute atomic E-state index is 0.0142. The number of aromatic nitrogens is 1. The zero-order valence-corrected chi connectivity index (χ0v) is 12.6. The number of amides is 2. The fourth-order valence-electron chi connectivity index (χ4n) is 2.61. The Bertz CT molecular complexity index is 744. The number of carbonyl (C=O) groups excluding carboxylic acids is 2. The van der Waals surface area contributed by atoms with E-state index in [1.54, 1.807) is 25.2 Å². The number of hydrogen-bond acceptors (Lipinski definition) is 4. The first-order chi connectivity index (χ1) is 11.1. The maximum atomic E-state index is 13.7. The van der Waals surface area contributed by atoms with Crippen molar-refractivity contribution in [2.24, 2.45) is 0 Å². The van der Waals surface area contributed by atoms with Gasteiger partial charge in [-0.05, 0) is 25.0 Å². The van der Waals surface area contributed by atoms with Gasteiger partial charge in [0.05, 0.1) is 0 Å². The van der Waals surface area contributed by atoms with Crippen LogP contribution in [0.4, 0.5) is 10.4 Å². The monoisotopic (exact) mass is 317 g/mol. The highest BCUT2D eigenvalue weighted by atomic mass is 19.1. The zero-order valence-electron chi connectivity index (χ0n) is 12.6. The van der Waals surface area contributed by atoms with Crippen molar-refractivity contribution in [3.05, 3.63) is 36.3 Å². The number of halogens is 1. The Morgan fingerprint density at radius 1 is 1.43 bits per heavy atom. The largest absolute Gasteiger partial charge is 0.431 e. The lowest BCUT2D eigenvalue weighted by Gasteiger charge is -2.30. The van der Waals surface area contributed by atoms with Gasteiger partial charge in [-0.2, -0.15) is 4.98 Å². The summed E-state index contributed by atoms with van der Waals surface area (Å²) in [7, 11) is 1.60. The molecule has 2 heterocycles. The maximum absolute atomic E-state index is 13.7. The molecular formula is C16H16FN3O3. The molecule has 1 N–H and O–H groups in total. The van der Waals surface area contributed by atoms with E-state index in [9.17, 15) is 14.0 Å². The van der Waals surface area contributed by atoms with Crippen molar-refractivity contribution in [3.8, 4) is 11.3 Å². The van der Waals surface area contributed by atoms with Crippen molar-refractivity contribution in [1.29, 1.82) is 0 Å². The summed E-state index contributed by atoms with van der Waals surface area (Å²) in [6.07, 6.45) is 3.00. The van der Waals surface area contributed by atoms with E-state index in [4.69, 9.17) is 4.42 Å². The number of rotatable bonds is 3. The predicted octanol–water partition coefficient (Wildman–Crippen LogP) is 2.43. The number of hydrogen-bond donors (Lipinski definition) is 1. The summed E-state index contributed by atoms with van der Waals surface area (Å²) in [5, 5.41) is 2.54. The molecule has 1 fully saturated rings. The lowest BCUT2D eigenvalue weighted by atomic mass is 10.0. The zero-order chi connectivity index (χ0) is 16.4. The van der Waals surface area contributed by atoms with E-state index in [-0.39, 0.29) is 17.8 Å². The van der Waals surface area contributed by atoms with E-state index in [1.807, 2.05) is 0 Å². The second-order valence-electron chi connectivity index (χ2n) is 5.42. The number of nitrogens with zero attached hydrogens (tertiary/aromatic N) is 2. The smallest absolute Gasteiger partial charge is 0.301 e. The Labute approximate surface area is 132 Å². The summed E-state index contributed by atoms with van der Waals surface area (Å²) in [6, 6.07) is 5.61. The Morgan fingerprint density at radius 3 is 3.00 bits per heavy atom. The molecule has 2 aromatic rings. The summed E-state index contributed by atoms with van der Waals surface area (Å²) in [4.78, 5) is 29.4. The summed E-state index contributed by atoms with van der Waals surface area (Å²) < 4.78 is 18.9. The molecule has 0 aliphatic carbocycles. The van der Waals surface area contributed by atoms with Crippen molar-refractivity contribution in [2.75, 3.05) is 12.4 Å². The summed E-state index contributed by atoms with van der Waals surface area (Å²) in [6.45, 7) is 0. The molecule has 23 heavy (non-hydrogen) atoms. The number of piperidine rings is 1. The predicted molar refractivity (Wildman–Crippen MR) is 80.9 cm³/mol. The van der Waals surface area contributed by atoms with Crippen LogP contribution in [0.25, 0.3) is 11.3 Å². The van der Waals surface area contributed by atoms with E-state index in [0.717, 1.165) is 0 Å². The average Bonchev–Trinajstić information content (AvgIpc) is 2.98. The summed E-state index contributed by atoms with van der Waals surface area (Å²) in [5.74, 6) is -0.838. The Balaban J connectivity index is 1.73. The van der Waals surface area contributed by atoms with E-state index in [2.05, 4.69) is 10.3 Å². The van der Waals surface area contributed by atoms with E-state index in [1.165, 1.54) is 17.2 Å². The molecule has 1 atom stereocenters. The van der Waals surface area contributed by atoms with Crippen molar-refractivity contribution >= 4 is 17.8 Å². The second kappa shape index (κ2) is 6.20. The molecule has 1 aliphatic heterocycles. The Kier molecular flexibility index (Phi) is 4.10. The van der Waals surface area contributed by atoms with Gasteiger partial charge in [-0.15, -0.1) is 0 Å². The Morgan fingerprint density at radius 2 is 2.22 bits per heavy atom. The van der Waals surface area contributed by atoms with E-state index < -0.39 is 11.9 Å². The topological polar surface area (TPSA) is 75.4 Å². The molecule has 7 heteroatoms. The standard InChI is InChI=1S/C16H16FN3O3/c1-20-13(7-4-8-14(20)21)15(22)19-16-18-12(9-23-16)10-5-2-3-6-11(10)17/h2-3,5-6,9,13H,4,7-8H2,1H3,(H,18,19,22). The van der Waals surface area contributed by atoms with Crippen LogP contribution in [-0.4, -0.2) is 34.8 Å². The minimum Gasteiger partial charge on any atom is -0.431 e. The molecule has 3 rings (SSSR count). The van der Waals surface area contributed by atoms with Gasteiger partial charge in [0.2, 0.25) is 5.91 Å². The van der Waals surface area contributed by atoms with Crippen LogP contribution < -0.4 is 5.32 Å². The molecule has 6 nitrogen and oxygen atoms in total. The van der Waals surface area contributed by atoms with Crippen LogP contribution in [0, 0.1) is 5.82 Å². The lowest BCUT2D eigenvalue weighted by Crippen LogP contribution is -2.47. The fraction of sp³-hybridized carbons (Fsp3) is 0.312. The number of carbonyl (C=O) groups is 2. The van der Waals surface area contributed by atoms with Crippen LogP contribution in [0.2, 0.25) is 0 Å². The van der Waals surface area contributed by atoms with Crippen LogP contribution >= 0.6 is 0 Å². The average molecular weight is 317 g/mol. The third kappa shape index (κ3) is 3.08. The molecule has 1 saturated heterocycles. The number of anilines is 1. The number of oxazole rings is 1. The first-order valence-electron chi connectivity index (χ1n) is 7.33. The third-order valence-electron chi connectivity index (χ3n) is 3.92. The van der Waals surface area contributed by atoms with Crippen LogP contribution in [-0.2, 0) is 9.59 Å². The molecule has 120 valence electrons. The Hall–Kier alpha value is -2.70. The van der Waals surface area contributed by atoms with Crippen LogP contribution in [0.3, 0.4) is 0 Å². The highest BCUT2D eigenvalue weighted by Gasteiger charge is 2.31. The van der Waals surface area contributed by atoms with Gasteiger partial charge in [-0.3, -0.25) is 14.9 Å². The normalized spacial score (nSPS) is 18.1. The highest BCUT2D eigenvalue weighted by molar-refractivity contribution is 5.96. The van der Waals surface area contributed by atoms with E-state index in [0.29, 0.717) is 30.5 Å². The summed E-state index contributed by atoms with van der Waals surface area (Å²) >= 11 is 0. The fourth-order valence-corrected chi connectivity index (χ4v) is 2.61. The molecule has 0 radical (unpaired) electrons. The molecule has 0 spiro atoms. The van der Waals surface area contributed by atoms with Crippen molar-refractivity contribution < 1.29 is 18.4 Å². The van der Waals surface area contributed by atoms with Crippen molar-refractivity contribution in [2.45, 2.75) is 25.3 Å². The number of nitrogens with one attached hydrogen (secondary N) is 1. The SMILES string of the molecule is CN1C(=O)CCCC1C(=O)Nc1nc(-c2ccccc2F)co1. The van der Waals surface area contributed by atoms with E-state index >= 15 is 0 Å². The number of benzene rings is 1.